The topological polar surface area (TPSA) is 61.8 Å². The van der Waals surface area contributed by atoms with Crippen molar-refractivity contribution in [1.29, 1.82) is 0 Å². The highest BCUT2D eigenvalue weighted by molar-refractivity contribution is 5.73. The van der Waals surface area contributed by atoms with Crippen LogP contribution in [-0.2, 0) is 23.8 Å². The molecule has 0 rings (SSSR count). The van der Waals surface area contributed by atoms with Crippen molar-refractivity contribution < 1.29 is 23.8 Å². The predicted octanol–water partition coefficient (Wildman–Crippen LogP) is 1.55. The second-order valence-electron chi connectivity index (χ2n) is 4.12. The van der Waals surface area contributed by atoms with Crippen molar-refractivity contribution in [3.8, 4) is 0 Å². The van der Waals surface area contributed by atoms with Gasteiger partial charge in [0, 0.05) is 0 Å². The van der Waals surface area contributed by atoms with Gasteiger partial charge in [-0.05, 0) is 18.8 Å². The first-order chi connectivity index (χ1) is 8.06. The van der Waals surface area contributed by atoms with E-state index in [-0.39, 0.29) is 13.2 Å². The minimum Gasteiger partial charge on any atom is -0.464 e. The summed E-state index contributed by atoms with van der Waals surface area (Å²) in [5.74, 6) is -0.413. The maximum atomic E-state index is 11.1. The summed E-state index contributed by atoms with van der Waals surface area (Å²) >= 11 is 0. The zero-order valence-corrected chi connectivity index (χ0v) is 10.9. The highest BCUT2D eigenvalue weighted by Crippen LogP contribution is 1.99. The summed E-state index contributed by atoms with van der Waals surface area (Å²) in [7, 11) is 0. The molecular formula is C12H22O5. The minimum atomic E-state index is -0.457. The van der Waals surface area contributed by atoms with Crippen molar-refractivity contribution in [2.75, 3.05) is 26.4 Å². The number of ether oxygens (including phenoxy) is 3. The molecule has 0 amide bonds. The molecule has 100 valence electrons. The SMILES string of the molecule is CCCOC(=O)COCC(=O)OCCC(C)C. The first kappa shape index (κ1) is 15.9. The molecule has 0 aromatic rings. The molecule has 0 atom stereocenters. The highest BCUT2D eigenvalue weighted by Gasteiger charge is 2.07. The standard InChI is InChI=1S/C12H22O5/c1-4-6-16-11(13)8-15-9-12(14)17-7-5-10(2)3/h10H,4-9H2,1-3H3. The Balaban J connectivity index is 3.41. The van der Waals surface area contributed by atoms with Gasteiger partial charge in [-0.25, -0.2) is 9.59 Å². The molecule has 0 bridgehead atoms. The predicted molar refractivity (Wildman–Crippen MR) is 62.5 cm³/mol. The normalized spacial score (nSPS) is 10.4. The zero-order chi connectivity index (χ0) is 13.1. The van der Waals surface area contributed by atoms with E-state index in [1.807, 2.05) is 20.8 Å². The van der Waals surface area contributed by atoms with Crippen LogP contribution in [0.15, 0.2) is 0 Å². The molecule has 0 saturated heterocycles. The van der Waals surface area contributed by atoms with Crippen molar-refractivity contribution in [2.45, 2.75) is 33.6 Å². The molecule has 5 heteroatoms. The monoisotopic (exact) mass is 246 g/mol. The van der Waals surface area contributed by atoms with Crippen LogP contribution in [0.5, 0.6) is 0 Å². The van der Waals surface area contributed by atoms with Crippen LogP contribution < -0.4 is 0 Å². The van der Waals surface area contributed by atoms with Crippen LogP contribution in [0.4, 0.5) is 0 Å². The Kier molecular flexibility index (Phi) is 9.43. The molecule has 0 aromatic heterocycles. The van der Waals surface area contributed by atoms with Gasteiger partial charge in [-0.2, -0.15) is 0 Å². The molecule has 17 heavy (non-hydrogen) atoms. The van der Waals surface area contributed by atoms with Gasteiger partial charge in [0.2, 0.25) is 0 Å². The summed E-state index contributed by atoms with van der Waals surface area (Å²) in [4.78, 5) is 22.1. The zero-order valence-electron chi connectivity index (χ0n) is 10.9. The van der Waals surface area contributed by atoms with Gasteiger partial charge in [-0.3, -0.25) is 0 Å². The Morgan fingerprint density at radius 2 is 1.53 bits per heavy atom. The third kappa shape index (κ3) is 11.2. The Bertz CT molecular complexity index is 225. The van der Waals surface area contributed by atoms with Gasteiger partial charge in [0.05, 0.1) is 13.2 Å². The summed E-state index contributed by atoms with van der Waals surface area (Å²) in [6.45, 7) is 6.35. The lowest BCUT2D eigenvalue weighted by atomic mass is 10.1. The quantitative estimate of drug-likeness (QED) is 0.577. The number of rotatable bonds is 9. The lowest BCUT2D eigenvalue weighted by Crippen LogP contribution is -2.19. The average Bonchev–Trinajstić information content (AvgIpc) is 2.25. The van der Waals surface area contributed by atoms with Gasteiger partial charge >= 0.3 is 11.9 Å². The summed E-state index contributed by atoms with van der Waals surface area (Å²) in [6, 6.07) is 0. The van der Waals surface area contributed by atoms with E-state index in [2.05, 4.69) is 0 Å². The van der Waals surface area contributed by atoms with Gasteiger partial charge in [0.15, 0.2) is 0 Å². The highest BCUT2D eigenvalue weighted by atomic mass is 16.6. The molecule has 0 N–H and O–H groups in total. The Hall–Kier alpha value is -1.10. The van der Waals surface area contributed by atoms with E-state index in [0.29, 0.717) is 19.1 Å². The van der Waals surface area contributed by atoms with Gasteiger partial charge in [-0.1, -0.05) is 20.8 Å². The molecule has 0 fully saturated rings. The van der Waals surface area contributed by atoms with Crippen molar-refractivity contribution >= 4 is 11.9 Å². The van der Waals surface area contributed by atoms with Crippen LogP contribution in [0, 0.1) is 5.92 Å². The summed E-state index contributed by atoms with van der Waals surface area (Å²) < 4.78 is 14.5. The van der Waals surface area contributed by atoms with Crippen LogP contribution in [0.1, 0.15) is 33.6 Å². The molecule has 0 aliphatic carbocycles. The third-order valence-corrected chi connectivity index (χ3v) is 1.87. The molecule has 0 heterocycles. The lowest BCUT2D eigenvalue weighted by Gasteiger charge is -2.07. The molecule has 0 saturated carbocycles. The fourth-order valence-electron chi connectivity index (χ4n) is 0.925. The number of carbonyl (C=O) groups is 2. The number of esters is 2. The largest absolute Gasteiger partial charge is 0.464 e. The van der Waals surface area contributed by atoms with Gasteiger partial charge < -0.3 is 14.2 Å². The molecule has 0 aliphatic heterocycles. The van der Waals surface area contributed by atoms with E-state index in [0.717, 1.165) is 12.8 Å². The summed E-state index contributed by atoms with van der Waals surface area (Å²) in [5, 5.41) is 0. The number of hydrogen-bond donors (Lipinski definition) is 0. The van der Waals surface area contributed by atoms with Crippen LogP contribution in [-0.4, -0.2) is 38.4 Å². The lowest BCUT2D eigenvalue weighted by molar-refractivity contribution is -0.155. The smallest absolute Gasteiger partial charge is 0.332 e. The molecule has 0 radical (unpaired) electrons. The van der Waals surface area contributed by atoms with E-state index >= 15 is 0 Å². The van der Waals surface area contributed by atoms with E-state index in [4.69, 9.17) is 14.2 Å². The average molecular weight is 246 g/mol. The molecular weight excluding hydrogens is 224 g/mol. The Labute approximate surface area is 102 Å². The first-order valence-corrected chi connectivity index (χ1v) is 5.95. The van der Waals surface area contributed by atoms with Crippen molar-refractivity contribution in [2.24, 2.45) is 5.92 Å². The van der Waals surface area contributed by atoms with E-state index in [1.165, 1.54) is 0 Å². The second kappa shape index (κ2) is 10.1. The first-order valence-electron chi connectivity index (χ1n) is 5.95. The molecule has 5 nitrogen and oxygen atoms in total. The van der Waals surface area contributed by atoms with Crippen molar-refractivity contribution in [3.63, 3.8) is 0 Å². The Morgan fingerprint density at radius 1 is 1.00 bits per heavy atom. The molecule has 0 aromatic carbocycles. The summed E-state index contributed by atoms with van der Waals surface area (Å²) in [6.07, 6.45) is 1.59. The molecule has 0 unspecified atom stereocenters. The van der Waals surface area contributed by atoms with Crippen molar-refractivity contribution in [1.82, 2.24) is 0 Å². The number of carbonyl (C=O) groups excluding carboxylic acids is 2. The fraction of sp³-hybridized carbons (Fsp3) is 0.833. The van der Waals surface area contributed by atoms with Crippen LogP contribution in [0.3, 0.4) is 0 Å². The number of hydrogen-bond acceptors (Lipinski definition) is 5. The van der Waals surface area contributed by atoms with Crippen molar-refractivity contribution in [3.05, 3.63) is 0 Å². The van der Waals surface area contributed by atoms with Crippen LogP contribution in [0.25, 0.3) is 0 Å². The van der Waals surface area contributed by atoms with Crippen LogP contribution >= 0.6 is 0 Å². The minimum absolute atomic E-state index is 0.209. The van der Waals surface area contributed by atoms with Gasteiger partial charge in [-0.15, -0.1) is 0 Å². The second-order valence-corrected chi connectivity index (χ2v) is 4.12. The molecule has 0 spiro atoms. The maximum absolute atomic E-state index is 11.1. The maximum Gasteiger partial charge on any atom is 0.332 e. The Morgan fingerprint density at radius 3 is 2.00 bits per heavy atom. The summed E-state index contributed by atoms with van der Waals surface area (Å²) in [5.41, 5.74) is 0. The molecule has 0 aliphatic rings. The fourth-order valence-corrected chi connectivity index (χ4v) is 0.925. The van der Waals surface area contributed by atoms with E-state index < -0.39 is 11.9 Å². The van der Waals surface area contributed by atoms with E-state index in [1.54, 1.807) is 0 Å². The van der Waals surface area contributed by atoms with Crippen LogP contribution in [0.2, 0.25) is 0 Å². The van der Waals surface area contributed by atoms with Gasteiger partial charge in [0.1, 0.15) is 13.2 Å². The third-order valence-electron chi connectivity index (χ3n) is 1.87. The van der Waals surface area contributed by atoms with E-state index in [9.17, 15) is 9.59 Å². The van der Waals surface area contributed by atoms with Gasteiger partial charge in [0.25, 0.3) is 0 Å².